The van der Waals surface area contributed by atoms with E-state index in [0.717, 1.165) is 35.6 Å². The van der Waals surface area contributed by atoms with Crippen molar-refractivity contribution >= 4 is 16.7 Å². The highest BCUT2D eigenvalue weighted by Gasteiger charge is 2.27. The third-order valence-electron chi connectivity index (χ3n) is 3.96. The lowest BCUT2D eigenvalue weighted by Crippen LogP contribution is -2.34. The van der Waals surface area contributed by atoms with Crippen LogP contribution in [0.1, 0.15) is 52.3 Å². The van der Waals surface area contributed by atoms with Crippen molar-refractivity contribution in [2.45, 2.75) is 58.9 Å². The predicted octanol–water partition coefficient (Wildman–Crippen LogP) is 3.73. The third kappa shape index (κ3) is 3.18. The first kappa shape index (κ1) is 12.8. The Morgan fingerprint density at radius 2 is 2.18 bits per heavy atom. The van der Waals surface area contributed by atoms with Crippen molar-refractivity contribution in [3.05, 3.63) is 5.82 Å². The van der Waals surface area contributed by atoms with Crippen LogP contribution in [0.4, 0.5) is 5.13 Å². The van der Waals surface area contributed by atoms with Crippen LogP contribution in [0.25, 0.3) is 0 Å². The van der Waals surface area contributed by atoms with Crippen molar-refractivity contribution < 1.29 is 0 Å². The number of aromatic nitrogens is 2. The molecule has 1 fully saturated rings. The van der Waals surface area contributed by atoms with Crippen molar-refractivity contribution in [2.75, 3.05) is 5.32 Å². The smallest absolute Gasteiger partial charge is 0.202 e. The second-order valence-corrected chi connectivity index (χ2v) is 6.04. The molecule has 0 amide bonds. The van der Waals surface area contributed by atoms with E-state index in [0.29, 0.717) is 6.04 Å². The van der Waals surface area contributed by atoms with E-state index in [4.69, 9.17) is 0 Å². The first-order valence-corrected chi connectivity index (χ1v) is 7.57. The zero-order valence-electron chi connectivity index (χ0n) is 11.1. The van der Waals surface area contributed by atoms with E-state index in [1.54, 1.807) is 0 Å². The van der Waals surface area contributed by atoms with Crippen LogP contribution < -0.4 is 5.32 Å². The molecule has 1 aliphatic carbocycles. The van der Waals surface area contributed by atoms with Crippen molar-refractivity contribution in [1.29, 1.82) is 0 Å². The van der Waals surface area contributed by atoms with Gasteiger partial charge in [-0.25, -0.2) is 4.98 Å². The summed E-state index contributed by atoms with van der Waals surface area (Å²) in [6, 6.07) is 0.584. The average Bonchev–Trinajstić information content (AvgIpc) is 2.73. The maximum Gasteiger partial charge on any atom is 0.202 e. The van der Waals surface area contributed by atoms with Gasteiger partial charge in [0.2, 0.25) is 5.13 Å². The molecule has 96 valence electrons. The highest BCUT2D eigenvalue weighted by Crippen LogP contribution is 2.31. The lowest BCUT2D eigenvalue weighted by molar-refractivity contribution is 0.253. The molecule has 3 unspecified atom stereocenters. The van der Waals surface area contributed by atoms with Crippen LogP contribution in [0, 0.1) is 11.8 Å². The summed E-state index contributed by atoms with van der Waals surface area (Å²) in [4.78, 5) is 4.55. The topological polar surface area (TPSA) is 37.8 Å². The molecule has 4 heteroatoms. The van der Waals surface area contributed by atoms with Gasteiger partial charge in [-0.15, -0.1) is 0 Å². The Hall–Kier alpha value is -0.640. The van der Waals surface area contributed by atoms with Crippen LogP contribution in [0.5, 0.6) is 0 Å². The molecule has 1 aliphatic rings. The molecule has 1 aromatic heterocycles. The van der Waals surface area contributed by atoms with E-state index in [2.05, 4.69) is 35.4 Å². The van der Waals surface area contributed by atoms with Gasteiger partial charge in [0.25, 0.3) is 0 Å². The van der Waals surface area contributed by atoms with E-state index in [1.165, 1.54) is 30.8 Å². The molecule has 1 N–H and O–H groups in total. The first-order valence-electron chi connectivity index (χ1n) is 6.79. The van der Waals surface area contributed by atoms with Crippen molar-refractivity contribution in [2.24, 2.45) is 11.8 Å². The monoisotopic (exact) mass is 253 g/mol. The molecular weight excluding hydrogens is 230 g/mol. The van der Waals surface area contributed by atoms with Gasteiger partial charge in [0.15, 0.2) is 0 Å². The number of hydrogen-bond acceptors (Lipinski definition) is 4. The van der Waals surface area contributed by atoms with Gasteiger partial charge >= 0.3 is 0 Å². The molecule has 1 saturated carbocycles. The minimum atomic E-state index is 0.584. The Labute approximate surface area is 108 Å². The molecule has 0 spiro atoms. The van der Waals surface area contributed by atoms with Crippen LogP contribution in [0.3, 0.4) is 0 Å². The average molecular weight is 253 g/mol. The Morgan fingerprint density at radius 3 is 2.94 bits per heavy atom. The van der Waals surface area contributed by atoms with Gasteiger partial charge in [-0.1, -0.05) is 33.6 Å². The SMILES string of the molecule is CCCc1nsc(NC2CCCC(C)C2C)n1. The molecule has 1 heterocycles. The third-order valence-corrected chi connectivity index (χ3v) is 4.64. The summed E-state index contributed by atoms with van der Waals surface area (Å²) in [5, 5.41) is 4.60. The lowest BCUT2D eigenvalue weighted by atomic mass is 9.78. The minimum Gasteiger partial charge on any atom is -0.357 e. The van der Waals surface area contributed by atoms with Crippen molar-refractivity contribution in [3.8, 4) is 0 Å². The molecule has 3 nitrogen and oxygen atoms in total. The molecule has 0 radical (unpaired) electrons. The largest absolute Gasteiger partial charge is 0.357 e. The lowest BCUT2D eigenvalue weighted by Gasteiger charge is -2.34. The van der Waals surface area contributed by atoms with Gasteiger partial charge in [-0.3, -0.25) is 0 Å². The van der Waals surface area contributed by atoms with Gasteiger partial charge in [0.05, 0.1) is 0 Å². The normalized spacial score (nSPS) is 29.2. The predicted molar refractivity (Wildman–Crippen MR) is 73.5 cm³/mol. The fourth-order valence-electron chi connectivity index (χ4n) is 2.58. The second-order valence-electron chi connectivity index (χ2n) is 5.28. The van der Waals surface area contributed by atoms with Gasteiger partial charge in [-0.05, 0) is 24.7 Å². The molecule has 3 atom stereocenters. The summed E-state index contributed by atoms with van der Waals surface area (Å²) in [6.45, 7) is 6.88. The first-order chi connectivity index (χ1) is 8.20. The molecule has 17 heavy (non-hydrogen) atoms. The number of nitrogens with one attached hydrogen (secondary N) is 1. The highest BCUT2D eigenvalue weighted by molar-refractivity contribution is 7.09. The Morgan fingerprint density at radius 1 is 1.35 bits per heavy atom. The summed E-state index contributed by atoms with van der Waals surface area (Å²) >= 11 is 1.51. The zero-order valence-corrected chi connectivity index (χ0v) is 11.9. The van der Waals surface area contributed by atoms with Crippen LogP contribution >= 0.6 is 11.5 Å². The van der Waals surface area contributed by atoms with Crippen LogP contribution in [0.15, 0.2) is 0 Å². The number of anilines is 1. The van der Waals surface area contributed by atoms with Gasteiger partial charge in [0, 0.05) is 24.0 Å². The summed E-state index contributed by atoms with van der Waals surface area (Å²) in [7, 11) is 0. The van der Waals surface area contributed by atoms with Crippen LogP contribution in [0.2, 0.25) is 0 Å². The van der Waals surface area contributed by atoms with E-state index in [9.17, 15) is 0 Å². The molecule has 2 rings (SSSR count). The van der Waals surface area contributed by atoms with Crippen LogP contribution in [-0.4, -0.2) is 15.4 Å². The van der Waals surface area contributed by atoms with Crippen molar-refractivity contribution in [1.82, 2.24) is 9.36 Å². The maximum atomic E-state index is 4.55. The van der Waals surface area contributed by atoms with E-state index in [1.807, 2.05) is 0 Å². The summed E-state index contributed by atoms with van der Waals surface area (Å²) in [5.41, 5.74) is 0. The molecule has 0 aromatic carbocycles. The van der Waals surface area contributed by atoms with Gasteiger partial charge in [-0.2, -0.15) is 4.37 Å². The standard InChI is InChI=1S/C13H23N3S/c1-4-6-12-15-13(17-16-12)14-11-8-5-7-9(2)10(11)3/h9-11H,4-8H2,1-3H3,(H,14,15,16). The van der Waals surface area contributed by atoms with E-state index < -0.39 is 0 Å². The molecule has 0 aliphatic heterocycles. The zero-order chi connectivity index (χ0) is 12.3. The number of nitrogens with zero attached hydrogens (tertiary/aromatic N) is 2. The van der Waals surface area contributed by atoms with Crippen LogP contribution in [-0.2, 0) is 6.42 Å². The molecule has 1 aromatic rings. The Kier molecular flexibility index (Phi) is 4.37. The van der Waals surface area contributed by atoms with Gasteiger partial charge in [0.1, 0.15) is 5.82 Å². The van der Waals surface area contributed by atoms with E-state index in [-0.39, 0.29) is 0 Å². The summed E-state index contributed by atoms with van der Waals surface area (Å²) in [5.74, 6) is 2.56. The summed E-state index contributed by atoms with van der Waals surface area (Å²) in [6.07, 6.45) is 6.09. The Bertz CT molecular complexity index is 350. The van der Waals surface area contributed by atoms with Gasteiger partial charge < -0.3 is 5.32 Å². The number of rotatable bonds is 4. The van der Waals surface area contributed by atoms with Crippen molar-refractivity contribution in [3.63, 3.8) is 0 Å². The highest BCUT2D eigenvalue weighted by atomic mass is 32.1. The summed E-state index contributed by atoms with van der Waals surface area (Å²) < 4.78 is 4.38. The molecule has 0 saturated heterocycles. The van der Waals surface area contributed by atoms with E-state index >= 15 is 0 Å². The fraction of sp³-hybridized carbons (Fsp3) is 0.846. The molecular formula is C13H23N3S. The molecule has 0 bridgehead atoms. The number of aryl methyl sites for hydroxylation is 1. The second kappa shape index (κ2) is 5.80. The maximum absolute atomic E-state index is 4.55. The quantitative estimate of drug-likeness (QED) is 0.888. The minimum absolute atomic E-state index is 0.584. The number of hydrogen-bond donors (Lipinski definition) is 1. The Balaban J connectivity index is 1.94. The fourth-order valence-corrected chi connectivity index (χ4v) is 3.26.